The summed E-state index contributed by atoms with van der Waals surface area (Å²) in [4.78, 5) is 36.8. The number of anilines is 1. The number of para-hydroxylation sites is 1. The molecule has 0 saturated carbocycles. The molecule has 0 fully saturated rings. The van der Waals surface area contributed by atoms with Crippen LogP contribution in [0.4, 0.5) is 5.69 Å². The molecule has 0 atom stereocenters. The summed E-state index contributed by atoms with van der Waals surface area (Å²) in [7, 11) is -4.15. The zero-order valence-corrected chi connectivity index (χ0v) is 18.0. The van der Waals surface area contributed by atoms with E-state index in [1.807, 2.05) is 0 Å². The number of ketones is 1. The number of nitrogens with two attached hydrogens (primary N) is 1. The lowest BCUT2D eigenvalue weighted by atomic mass is 10.0. The molecule has 0 aliphatic rings. The highest BCUT2D eigenvalue weighted by molar-refractivity contribution is 7.89. The standard InChI is InChI=1S/C22H17ClN2O6S/c23-17-11-10-15(12-19(17)32(24,29)30)22(28)31-13-20(26)25-18-9-5-4-8-16(18)21(27)14-6-2-1-3-7-14/h1-12H,13H2,(H,25,26)(H2,24,29,30). The van der Waals surface area contributed by atoms with Crippen molar-refractivity contribution in [1.82, 2.24) is 0 Å². The van der Waals surface area contributed by atoms with Crippen LogP contribution in [0.15, 0.2) is 77.7 Å². The van der Waals surface area contributed by atoms with Gasteiger partial charge in [-0.05, 0) is 30.3 Å². The highest BCUT2D eigenvalue weighted by atomic mass is 35.5. The van der Waals surface area contributed by atoms with Crippen LogP contribution in [0.3, 0.4) is 0 Å². The van der Waals surface area contributed by atoms with Crippen molar-refractivity contribution in [3.8, 4) is 0 Å². The summed E-state index contributed by atoms with van der Waals surface area (Å²) >= 11 is 5.79. The van der Waals surface area contributed by atoms with Crippen LogP contribution in [-0.4, -0.2) is 32.7 Å². The third kappa shape index (κ3) is 5.58. The first kappa shape index (κ1) is 23.1. The van der Waals surface area contributed by atoms with Crippen LogP contribution in [0.5, 0.6) is 0 Å². The summed E-state index contributed by atoms with van der Waals surface area (Å²) in [5.74, 6) is -1.92. The summed E-state index contributed by atoms with van der Waals surface area (Å²) < 4.78 is 28.0. The number of rotatable bonds is 7. The van der Waals surface area contributed by atoms with Gasteiger partial charge in [0.1, 0.15) is 4.90 Å². The van der Waals surface area contributed by atoms with Gasteiger partial charge in [0.2, 0.25) is 10.0 Å². The number of carbonyl (C=O) groups excluding carboxylic acids is 3. The van der Waals surface area contributed by atoms with Crippen LogP contribution in [0.25, 0.3) is 0 Å². The van der Waals surface area contributed by atoms with E-state index in [2.05, 4.69) is 5.32 Å². The molecule has 0 aromatic heterocycles. The monoisotopic (exact) mass is 472 g/mol. The topological polar surface area (TPSA) is 133 Å². The van der Waals surface area contributed by atoms with Crippen molar-refractivity contribution in [2.75, 3.05) is 11.9 Å². The second-order valence-corrected chi connectivity index (χ2v) is 8.49. The maximum absolute atomic E-state index is 12.7. The lowest BCUT2D eigenvalue weighted by Crippen LogP contribution is -2.22. The lowest BCUT2D eigenvalue weighted by Gasteiger charge is -2.11. The number of nitrogens with one attached hydrogen (secondary N) is 1. The molecule has 3 N–H and O–H groups in total. The van der Waals surface area contributed by atoms with Crippen LogP contribution in [0.1, 0.15) is 26.3 Å². The van der Waals surface area contributed by atoms with Gasteiger partial charge >= 0.3 is 5.97 Å². The highest BCUT2D eigenvalue weighted by Crippen LogP contribution is 2.22. The second kappa shape index (κ2) is 9.73. The normalized spacial score (nSPS) is 10.9. The number of benzene rings is 3. The predicted molar refractivity (Wildman–Crippen MR) is 118 cm³/mol. The molecule has 0 saturated heterocycles. The molecule has 3 aromatic carbocycles. The first-order chi connectivity index (χ1) is 15.2. The fourth-order valence-corrected chi connectivity index (χ4v) is 3.86. The molecule has 32 heavy (non-hydrogen) atoms. The summed E-state index contributed by atoms with van der Waals surface area (Å²) in [5.41, 5.74) is 0.833. The summed E-state index contributed by atoms with van der Waals surface area (Å²) in [6, 6.07) is 18.4. The molecule has 1 amide bonds. The van der Waals surface area contributed by atoms with Gasteiger partial charge in [-0.15, -0.1) is 0 Å². The molecule has 3 aromatic rings. The molecule has 10 heteroatoms. The van der Waals surface area contributed by atoms with Crippen molar-refractivity contribution in [2.24, 2.45) is 5.14 Å². The number of sulfonamides is 1. The molecule has 0 spiro atoms. The van der Waals surface area contributed by atoms with Crippen LogP contribution in [0.2, 0.25) is 5.02 Å². The molecule has 0 aliphatic heterocycles. The van der Waals surface area contributed by atoms with E-state index in [0.29, 0.717) is 5.56 Å². The van der Waals surface area contributed by atoms with Crippen molar-refractivity contribution in [1.29, 1.82) is 0 Å². The van der Waals surface area contributed by atoms with E-state index < -0.39 is 33.4 Å². The number of hydrogen-bond donors (Lipinski definition) is 2. The van der Waals surface area contributed by atoms with Gasteiger partial charge in [0.15, 0.2) is 12.4 Å². The summed E-state index contributed by atoms with van der Waals surface area (Å²) in [5, 5.41) is 7.45. The van der Waals surface area contributed by atoms with Crippen molar-refractivity contribution < 1.29 is 27.5 Å². The van der Waals surface area contributed by atoms with E-state index in [9.17, 15) is 22.8 Å². The van der Waals surface area contributed by atoms with E-state index >= 15 is 0 Å². The van der Waals surface area contributed by atoms with E-state index in [1.54, 1.807) is 54.6 Å². The van der Waals surface area contributed by atoms with Gasteiger partial charge in [-0.25, -0.2) is 18.4 Å². The van der Waals surface area contributed by atoms with Crippen LogP contribution >= 0.6 is 11.6 Å². The minimum atomic E-state index is -4.15. The maximum Gasteiger partial charge on any atom is 0.338 e. The van der Waals surface area contributed by atoms with E-state index in [-0.39, 0.29) is 27.6 Å². The van der Waals surface area contributed by atoms with Gasteiger partial charge < -0.3 is 10.1 Å². The van der Waals surface area contributed by atoms with Crippen LogP contribution in [0, 0.1) is 0 Å². The predicted octanol–water partition coefficient (Wildman–Crippen LogP) is 3.01. The maximum atomic E-state index is 12.7. The largest absolute Gasteiger partial charge is 0.452 e. The smallest absolute Gasteiger partial charge is 0.338 e. The number of esters is 1. The van der Waals surface area contributed by atoms with Crippen LogP contribution in [-0.2, 0) is 19.6 Å². The number of hydrogen-bond acceptors (Lipinski definition) is 6. The Morgan fingerprint density at radius 3 is 2.25 bits per heavy atom. The average molecular weight is 473 g/mol. The Labute approximate surface area is 189 Å². The molecule has 0 radical (unpaired) electrons. The first-order valence-electron chi connectivity index (χ1n) is 9.15. The molecule has 0 heterocycles. The van der Waals surface area contributed by atoms with Crippen molar-refractivity contribution in [2.45, 2.75) is 4.90 Å². The molecule has 0 bridgehead atoms. The van der Waals surface area contributed by atoms with Crippen molar-refractivity contribution >= 4 is 45.0 Å². The molecular weight excluding hydrogens is 456 g/mol. The fraction of sp³-hybridized carbons (Fsp3) is 0.0455. The Bertz CT molecular complexity index is 1290. The Hall–Kier alpha value is -3.53. The van der Waals surface area contributed by atoms with Gasteiger partial charge in [0, 0.05) is 11.1 Å². The number of carbonyl (C=O) groups is 3. The second-order valence-electron chi connectivity index (χ2n) is 6.56. The number of amides is 1. The Kier molecular flexibility index (Phi) is 7.04. The molecule has 0 aliphatic carbocycles. The van der Waals surface area contributed by atoms with Gasteiger partial charge in [-0.3, -0.25) is 9.59 Å². The van der Waals surface area contributed by atoms with Crippen molar-refractivity contribution in [3.63, 3.8) is 0 Å². The minimum Gasteiger partial charge on any atom is -0.452 e. The molecule has 8 nitrogen and oxygen atoms in total. The molecular formula is C22H17ClN2O6S. The SMILES string of the molecule is NS(=O)(=O)c1cc(C(=O)OCC(=O)Nc2ccccc2C(=O)c2ccccc2)ccc1Cl. The van der Waals surface area contributed by atoms with Gasteiger partial charge in [-0.2, -0.15) is 0 Å². The number of primary sulfonamides is 1. The van der Waals surface area contributed by atoms with E-state index in [0.717, 1.165) is 6.07 Å². The van der Waals surface area contributed by atoms with Crippen LogP contribution < -0.4 is 10.5 Å². The Morgan fingerprint density at radius 2 is 1.56 bits per heavy atom. The van der Waals surface area contributed by atoms with E-state index in [1.165, 1.54) is 12.1 Å². The zero-order valence-electron chi connectivity index (χ0n) is 16.4. The summed E-state index contributed by atoms with van der Waals surface area (Å²) in [6.07, 6.45) is 0. The number of halogens is 1. The highest BCUT2D eigenvalue weighted by Gasteiger charge is 2.19. The summed E-state index contributed by atoms with van der Waals surface area (Å²) in [6.45, 7) is -0.667. The lowest BCUT2D eigenvalue weighted by molar-refractivity contribution is -0.119. The van der Waals surface area contributed by atoms with Gasteiger partial charge in [0.25, 0.3) is 5.91 Å². The average Bonchev–Trinajstić information content (AvgIpc) is 2.77. The zero-order chi connectivity index (χ0) is 23.3. The molecule has 164 valence electrons. The third-order valence-electron chi connectivity index (χ3n) is 4.29. The quantitative estimate of drug-likeness (QED) is 0.401. The minimum absolute atomic E-state index is 0.147. The van der Waals surface area contributed by atoms with E-state index in [4.69, 9.17) is 21.5 Å². The van der Waals surface area contributed by atoms with Gasteiger partial charge in [0.05, 0.1) is 16.3 Å². The van der Waals surface area contributed by atoms with Crippen molar-refractivity contribution in [3.05, 3.63) is 94.5 Å². The Morgan fingerprint density at radius 1 is 0.906 bits per heavy atom. The molecule has 0 unspecified atom stereocenters. The third-order valence-corrected chi connectivity index (χ3v) is 5.68. The number of ether oxygens (including phenoxy) is 1. The Balaban J connectivity index is 1.69. The van der Waals surface area contributed by atoms with Gasteiger partial charge in [-0.1, -0.05) is 54.1 Å². The first-order valence-corrected chi connectivity index (χ1v) is 11.1. The molecule has 3 rings (SSSR count). The fourth-order valence-electron chi connectivity index (χ4n) is 2.78.